The van der Waals surface area contributed by atoms with Gasteiger partial charge in [0.1, 0.15) is 11.9 Å². The number of nitrogens with zero attached hydrogens (tertiary/aromatic N) is 3. The standard InChI is InChI=1S/C18H19ClFN3O3/c1-18(2,26-14-5-3-12(19)4-6-14)16(24)23-8-7-15(11-23)25-17-21-9-13(20)10-22-17/h3-6,9-10,15H,7-8,11H2,1-2H3. The molecule has 0 spiro atoms. The van der Waals surface area contributed by atoms with Crippen LogP contribution >= 0.6 is 11.6 Å². The molecule has 1 unspecified atom stereocenters. The Hall–Kier alpha value is -2.41. The van der Waals surface area contributed by atoms with E-state index >= 15 is 0 Å². The smallest absolute Gasteiger partial charge is 0.316 e. The largest absolute Gasteiger partial charge is 0.478 e. The summed E-state index contributed by atoms with van der Waals surface area (Å²) in [5, 5.41) is 0.601. The summed E-state index contributed by atoms with van der Waals surface area (Å²) >= 11 is 5.86. The molecule has 1 aliphatic heterocycles. The topological polar surface area (TPSA) is 64.5 Å². The zero-order valence-electron chi connectivity index (χ0n) is 14.5. The number of amides is 1. The van der Waals surface area contributed by atoms with Crippen LogP contribution in [0.1, 0.15) is 20.3 Å². The molecule has 0 bridgehead atoms. The van der Waals surface area contributed by atoms with Crippen LogP contribution in [0, 0.1) is 5.82 Å². The van der Waals surface area contributed by atoms with Crippen LogP contribution in [0.3, 0.4) is 0 Å². The van der Waals surface area contributed by atoms with Gasteiger partial charge in [-0.1, -0.05) is 11.6 Å². The Bertz CT molecular complexity index is 768. The van der Waals surface area contributed by atoms with Gasteiger partial charge in [-0.25, -0.2) is 14.4 Å². The van der Waals surface area contributed by atoms with Crippen molar-refractivity contribution < 1.29 is 18.7 Å². The molecule has 1 aromatic carbocycles. The van der Waals surface area contributed by atoms with Crippen LogP contribution in [-0.2, 0) is 4.79 Å². The predicted molar refractivity (Wildman–Crippen MR) is 93.8 cm³/mol. The number of halogens is 2. The Morgan fingerprint density at radius 1 is 1.27 bits per heavy atom. The van der Waals surface area contributed by atoms with E-state index in [1.54, 1.807) is 43.0 Å². The van der Waals surface area contributed by atoms with Crippen LogP contribution < -0.4 is 9.47 Å². The number of carbonyl (C=O) groups is 1. The first-order valence-corrected chi connectivity index (χ1v) is 8.59. The molecule has 2 aromatic rings. The van der Waals surface area contributed by atoms with Crippen molar-refractivity contribution in [3.05, 3.63) is 47.5 Å². The van der Waals surface area contributed by atoms with E-state index in [4.69, 9.17) is 21.1 Å². The van der Waals surface area contributed by atoms with Crippen molar-refractivity contribution in [2.24, 2.45) is 0 Å². The third-order valence-electron chi connectivity index (χ3n) is 4.00. The Kier molecular flexibility index (Phi) is 5.27. The summed E-state index contributed by atoms with van der Waals surface area (Å²) < 4.78 is 24.3. The lowest BCUT2D eigenvalue weighted by Gasteiger charge is -2.30. The molecule has 1 saturated heterocycles. The maximum absolute atomic E-state index is 12.8. The molecule has 1 atom stereocenters. The molecule has 1 amide bonds. The predicted octanol–water partition coefficient (Wildman–Crippen LogP) is 3.11. The summed E-state index contributed by atoms with van der Waals surface area (Å²) in [5.74, 6) is -0.0975. The number of likely N-dealkylation sites (tertiary alicyclic amines) is 1. The molecule has 1 fully saturated rings. The summed E-state index contributed by atoms with van der Waals surface area (Å²) in [5.41, 5.74) is -1.03. The quantitative estimate of drug-likeness (QED) is 0.798. The van der Waals surface area contributed by atoms with Gasteiger partial charge in [-0.3, -0.25) is 4.79 Å². The first-order valence-electron chi connectivity index (χ1n) is 8.22. The Balaban J connectivity index is 1.59. The molecule has 0 radical (unpaired) electrons. The highest BCUT2D eigenvalue weighted by Crippen LogP contribution is 2.24. The Morgan fingerprint density at radius 3 is 2.58 bits per heavy atom. The molecule has 6 nitrogen and oxygen atoms in total. The van der Waals surface area contributed by atoms with E-state index < -0.39 is 11.4 Å². The molecule has 3 rings (SSSR count). The zero-order chi connectivity index (χ0) is 18.7. The van der Waals surface area contributed by atoms with Crippen molar-refractivity contribution in [2.75, 3.05) is 13.1 Å². The SMILES string of the molecule is CC(C)(Oc1ccc(Cl)cc1)C(=O)N1CCC(Oc2ncc(F)cn2)C1. The molecule has 26 heavy (non-hydrogen) atoms. The molecule has 1 aromatic heterocycles. The first kappa shape index (κ1) is 18.4. The summed E-state index contributed by atoms with van der Waals surface area (Å²) in [6.07, 6.45) is 2.49. The Morgan fingerprint density at radius 2 is 1.92 bits per heavy atom. The molecule has 0 N–H and O–H groups in total. The maximum atomic E-state index is 12.8. The highest BCUT2D eigenvalue weighted by molar-refractivity contribution is 6.30. The van der Waals surface area contributed by atoms with Crippen LogP contribution in [0.2, 0.25) is 5.02 Å². The van der Waals surface area contributed by atoms with Gasteiger partial charge in [0.2, 0.25) is 0 Å². The zero-order valence-corrected chi connectivity index (χ0v) is 15.2. The summed E-state index contributed by atoms with van der Waals surface area (Å²) in [6.45, 7) is 4.38. The van der Waals surface area contributed by atoms with Gasteiger partial charge in [-0.2, -0.15) is 0 Å². The van der Waals surface area contributed by atoms with Crippen LogP contribution in [0.5, 0.6) is 11.8 Å². The van der Waals surface area contributed by atoms with E-state index in [0.717, 1.165) is 12.4 Å². The number of carbonyl (C=O) groups excluding carboxylic acids is 1. The van der Waals surface area contributed by atoms with Gasteiger partial charge in [0.05, 0.1) is 18.9 Å². The molecule has 2 heterocycles. The highest BCUT2D eigenvalue weighted by Gasteiger charge is 2.38. The third-order valence-corrected chi connectivity index (χ3v) is 4.25. The van der Waals surface area contributed by atoms with Crippen molar-refractivity contribution in [3.63, 3.8) is 0 Å². The molecular formula is C18H19ClFN3O3. The fraction of sp³-hybridized carbons (Fsp3) is 0.389. The fourth-order valence-corrected chi connectivity index (χ4v) is 2.87. The number of rotatable bonds is 5. The monoisotopic (exact) mass is 379 g/mol. The second-order valence-corrected chi connectivity index (χ2v) is 6.97. The van der Waals surface area contributed by atoms with E-state index in [9.17, 15) is 9.18 Å². The molecule has 1 aliphatic rings. The van der Waals surface area contributed by atoms with Crippen molar-refractivity contribution in [1.29, 1.82) is 0 Å². The van der Waals surface area contributed by atoms with Gasteiger partial charge in [0.25, 0.3) is 5.91 Å². The van der Waals surface area contributed by atoms with Crippen molar-refractivity contribution in [1.82, 2.24) is 14.9 Å². The number of hydrogen-bond acceptors (Lipinski definition) is 5. The molecule has 138 valence electrons. The average Bonchev–Trinajstić information content (AvgIpc) is 3.06. The first-order chi connectivity index (χ1) is 12.3. The molecular weight excluding hydrogens is 361 g/mol. The molecule has 0 saturated carbocycles. The number of hydrogen-bond donors (Lipinski definition) is 0. The fourth-order valence-electron chi connectivity index (χ4n) is 2.74. The van der Waals surface area contributed by atoms with Gasteiger partial charge in [-0.05, 0) is 38.1 Å². The van der Waals surface area contributed by atoms with Crippen molar-refractivity contribution in [2.45, 2.75) is 32.0 Å². The second kappa shape index (κ2) is 7.45. The number of aromatic nitrogens is 2. The number of ether oxygens (including phenoxy) is 2. The molecule has 0 aliphatic carbocycles. The van der Waals surface area contributed by atoms with E-state index in [1.807, 2.05) is 0 Å². The van der Waals surface area contributed by atoms with Gasteiger partial charge in [0.15, 0.2) is 11.4 Å². The minimum Gasteiger partial charge on any atom is -0.478 e. The van der Waals surface area contributed by atoms with Gasteiger partial charge >= 0.3 is 6.01 Å². The van der Waals surface area contributed by atoms with Crippen LogP contribution in [0.15, 0.2) is 36.7 Å². The van der Waals surface area contributed by atoms with E-state index in [2.05, 4.69) is 9.97 Å². The minimum atomic E-state index is -1.03. The van der Waals surface area contributed by atoms with Crippen LogP contribution in [-0.4, -0.2) is 45.6 Å². The molecule has 8 heteroatoms. The minimum absolute atomic E-state index is 0.0994. The van der Waals surface area contributed by atoms with Crippen LogP contribution in [0.25, 0.3) is 0 Å². The third kappa shape index (κ3) is 4.40. The van der Waals surface area contributed by atoms with Gasteiger partial charge < -0.3 is 14.4 Å². The van der Waals surface area contributed by atoms with Gasteiger partial charge in [-0.15, -0.1) is 0 Å². The van der Waals surface area contributed by atoms with Crippen LogP contribution in [0.4, 0.5) is 4.39 Å². The normalized spacial score (nSPS) is 17.2. The lowest BCUT2D eigenvalue weighted by molar-refractivity contribution is -0.144. The highest BCUT2D eigenvalue weighted by atomic mass is 35.5. The van der Waals surface area contributed by atoms with E-state index in [0.29, 0.717) is 30.3 Å². The average molecular weight is 380 g/mol. The second-order valence-electron chi connectivity index (χ2n) is 6.53. The summed E-state index contributed by atoms with van der Waals surface area (Å²) in [6, 6.07) is 6.96. The maximum Gasteiger partial charge on any atom is 0.316 e. The number of benzene rings is 1. The van der Waals surface area contributed by atoms with E-state index in [1.165, 1.54) is 0 Å². The van der Waals surface area contributed by atoms with Gasteiger partial charge in [0, 0.05) is 18.0 Å². The van der Waals surface area contributed by atoms with E-state index in [-0.39, 0.29) is 18.0 Å². The lowest BCUT2D eigenvalue weighted by atomic mass is 10.1. The lowest BCUT2D eigenvalue weighted by Crippen LogP contribution is -2.48. The van der Waals surface area contributed by atoms with Crippen molar-refractivity contribution >= 4 is 17.5 Å². The van der Waals surface area contributed by atoms with Crippen molar-refractivity contribution in [3.8, 4) is 11.8 Å². The Labute approximate surface area is 155 Å². The summed E-state index contributed by atoms with van der Waals surface area (Å²) in [4.78, 5) is 22.1. The summed E-state index contributed by atoms with van der Waals surface area (Å²) in [7, 11) is 0.